The molecule has 0 N–H and O–H groups in total. The molecule has 0 fully saturated rings. The Balaban J connectivity index is 1.58. The normalized spacial score (nSPS) is 15.3. The Morgan fingerprint density at radius 3 is 2.73 bits per heavy atom. The van der Waals surface area contributed by atoms with Crippen LogP contribution in [-0.4, -0.2) is 39.6 Å². The topological polar surface area (TPSA) is 61.5 Å². The zero-order chi connectivity index (χ0) is 17.5. The Bertz CT molecular complexity index is 1030. The number of aromatic nitrogens is 3. The summed E-state index contributed by atoms with van der Waals surface area (Å²) >= 11 is 7.92. The molecule has 0 radical (unpaired) electrons. The monoisotopic (exact) mass is 384 g/mol. The van der Waals surface area contributed by atoms with Gasteiger partial charge in [0, 0.05) is 16.9 Å². The molecule has 3 aromatic rings. The Labute approximate surface area is 158 Å². The Morgan fingerprint density at radius 1 is 1.00 bits per heavy atom. The van der Waals surface area contributed by atoms with E-state index in [-0.39, 0.29) is 0 Å². The lowest BCUT2D eigenvalue weighted by Crippen LogP contribution is -2.17. The predicted octanol–water partition coefficient (Wildman–Crippen LogP) is 3.73. The van der Waals surface area contributed by atoms with Crippen molar-refractivity contribution in [3.05, 3.63) is 53.1 Å². The molecule has 26 heavy (non-hydrogen) atoms. The molecule has 2 aromatic carbocycles. The minimum absolute atomic E-state index is 0.559. The van der Waals surface area contributed by atoms with E-state index in [2.05, 4.69) is 10.2 Å². The minimum atomic E-state index is 0.559. The Morgan fingerprint density at radius 2 is 1.85 bits per heavy atom. The molecule has 0 aliphatic carbocycles. The maximum Gasteiger partial charge on any atom is 0.212 e. The number of halogens is 1. The van der Waals surface area contributed by atoms with Gasteiger partial charge in [-0.3, -0.25) is 0 Å². The van der Waals surface area contributed by atoms with E-state index >= 15 is 0 Å². The van der Waals surface area contributed by atoms with Crippen molar-refractivity contribution in [2.45, 2.75) is 5.16 Å². The van der Waals surface area contributed by atoms with Crippen LogP contribution in [0.2, 0.25) is 5.02 Å². The summed E-state index contributed by atoms with van der Waals surface area (Å²) in [5.41, 5.74) is 2.72. The molecule has 1 aromatic heterocycles. The SMILES string of the molecule is Clc1ccccc1-c1nnc2n1N=C(c1ccc3c(c1)OCCO3)CS2. The van der Waals surface area contributed by atoms with Gasteiger partial charge in [0.2, 0.25) is 5.16 Å². The van der Waals surface area contributed by atoms with Gasteiger partial charge >= 0.3 is 0 Å². The Hall–Kier alpha value is -2.51. The van der Waals surface area contributed by atoms with E-state index < -0.39 is 0 Å². The van der Waals surface area contributed by atoms with Crippen molar-refractivity contribution in [2.24, 2.45) is 5.10 Å². The third-order valence-corrected chi connectivity index (χ3v) is 5.42. The molecular weight excluding hydrogens is 372 g/mol. The number of benzene rings is 2. The second-order valence-corrected chi connectivity index (χ2v) is 7.14. The van der Waals surface area contributed by atoms with Crippen molar-refractivity contribution in [1.29, 1.82) is 0 Å². The summed E-state index contributed by atoms with van der Waals surface area (Å²) in [4.78, 5) is 0. The smallest absolute Gasteiger partial charge is 0.212 e. The molecular formula is C18H13ClN4O2S. The summed E-state index contributed by atoms with van der Waals surface area (Å²) in [6.07, 6.45) is 0. The first-order chi connectivity index (χ1) is 12.8. The number of thioether (sulfide) groups is 1. The van der Waals surface area contributed by atoms with Gasteiger partial charge in [-0.15, -0.1) is 10.2 Å². The fraction of sp³-hybridized carbons (Fsp3) is 0.167. The molecule has 6 nitrogen and oxygen atoms in total. The number of nitrogens with zero attached hydrogens (tertiary/aromatic N) is 4. The number of hydrogen-bond donors (Lipinski definition) is 0. The van der Waals surface area contributed by atoms with Gasteiger partial charge in [0.1, 0.15) is 13.2 Å². The van der Waals surface area contributed by atoms with E-state index in [1.54, 1.807) is 16.4 Å². The van der Waals surface area contributed by atoms with E-state index in [0.717, 1.165) is 33.5 Å². The first-order valence-corrected chi connectivity index (χ1v) is 9.47. The van der Waals surface area contributed by atoms with Crippen LogP contribution in [0.4, 0.5) is 0 Å². The molecule has 0 amide bonds. The van der Waals surface area contributed by atoms with Crippen LogP contribution < -0.4 is 9.47 Å². The number of ether oxygens (including phenoxy) is 2. The van der Waals surface area contributed by atoms with Crippen LogP contribution in [0.1, 0.15) is 5.56 Å². The first-order valence-electron chi connectivity index (χ1n) is 8.10. The summed E-state index contributed by atoms with van der Waals surface area (Å²) in [6.45, 7) is 1.14. The van der Waals surface area contributed by atoms with Crippen molar-refractivity contribution in [3.8, 4) is 22.9 Å². The first kappa shape index (κ1) is 15.7. The average Bonchev–Trinajstić information content (AvgIpc) is 3.11. The maximum absolute atomic E-state index is 6.32. The molecule has 0 spiro atoms. The molecule has 0 saturated carbocycles. The highest BCUT2D eigenvalue weighted by molar-refractivity contribution is 7.99. The van der Waals surface area contributed by atoms with Crippen LogP contribution in [0.25, 0.3) is 11.4 Å². The Kier molecular flexibility index (Phi) is 3.83. The zero-order valence-corrected chi connectivity index (χ0v) is 15.1. The summed E-state index contributed by atoms with van der Waals surface area (Å²) in [6, 6.07) is 13.4. The van der Waals surface area contributed by atoms with E-state index in [1.165, 1.54) is 0 Å². The van der Waals surface area contributed by atoms with Crippen LogP contribution in [0.3, 0.4) is 0 Å². The van der Waals surface area contributed by atoms with Crippen molar-refractivity contribution < 1.29 is 9.47 Å². The van der Waals surface area contributed by atoms with Gasteiger partial charge in [0.05, 0.1) is 10.7 Å². The molecule has 2 aliphatic heterocycles. The molecule has 0 unspecified atom stereocenters. The molecule has 8 heteroatoms. The van der Waals surface area contributed by atoms with Gasteiger partial charge in [0.15, 0.2) is 17.3 Å². The van der Waals surface area contributed by atoms with E-state index in [1.807, 2.05) is 42.5 Å². The molecule has 3 heterocycles. The zero-order valence-electron chi connectivity index (χ0n) is 13.6. The highest BCUT2D eigenvalue weighted by atomic mass is 35.5. The van der Waals surface area contributed by atoms with Crippen LogP contribution in [-0.2, 0) is 0 Å². The third-order valence-electron chi connectivity index (χ3n) is 4.16. The number of hydrogen-bond acceptors (Lipinski definition) is 6. The van der Waals surface area contributed by atoms with Gasteiger partial charge in [-0.2, -0.15) is 9.78 Å². The van der Waals surface area contributed by atoms with Crippen LogP contribution >= 0.6 is 23.4 Å². The fourth-order valence-electron chi connectivity index (χ4n) is 2.90. The quantitative estimate of drug-likeness (QED) is 0.673. The molecule has 2 aliphatic rings. The van der Waals surface area contributed by atoms with Gasteiger partial charge in [-0.1, -0.05) is 35.5 Å². The van der Waals surface area contributed by atoms with Crippen molar-refractivity contribution in [3.63, 3.8) is 0 Å². The lowest BCUT2D eigenvalue weighted by molar-refractivity contribution is 0.171. The average molecular weight is 385 g/mol. The van der Waals surface area contributed by atoms with Gasteiger partial charge in [0.25, 0.3) is 0 Å². The van der Waals surface area contributed by atoms with Crippen molar-refractivity contribution >= 4 is 29.1 Å². The highest BCUT2D eigenvalue weighted by Gasteiger charge is 2.23. The lowest BCUT2D eigenvalue weighted by Gasteiger charge is -2.20. The van der Waals surface area contributed by atoms with E-state index in [9.17, 15) is 0 Å². The van der Waals surface area contributed by atoms with Gasteiger partial charge < -0.3 is 9.47 Å². The van der Waals surface area contributed by atoms with Gasteiger partial charge in [-0.05, 0) is 30.3 Å². The third kappa shape index (κ3) is 2.64. The van der Waals surface area contributed by atoms with Crippen LogP contribution in [0.15, 0.2) is 52.7 Å². The lowest BCUT2D eigenvalue weighted by atomic mass is 10.1. The summed E-state index contributed by atoms with van der Waals surface area (Å²) in [5.74, 6) is 2.86. The summed E-state index contributed by atoms with van der Waals surface area (Å²) in [7, 11) is 0. The molecule has 5 rings (SSSR count). The molecule has 0 saturated heterocycles. The second-order valence-electron chi connectivity index (χ2n) is 5.79. The summed E-state index contributed by atoms with van der Waals surface area (Å²) in [5, 5.41) is 14.7. The fourth-order valence-corrected chi connectivity index (χ4v) is 3.96. The maximum atomic E-state index is 6.32. The molecule has 0 bridgehead atoms. The largest absolute Gasteiger partial charge is 0.486 e. The van der Waals surface area contributed by atoms with E-state index in [0.29, 0.717) is 29.8 Å². The highest BCUT2D eigenvalue weighted by Crippen LogP contribution is 2.34. The van der Waals surface area contributed by atoms with E-state index in [4.69, 9.17) is 26.2 Å². The second kappa shape index (κ2) is 6.34. The van der Waals surface area contributed by atoms with Crippen LogP contribution in [0.5, 0.6) is 11.5 Å². The molecule has 130 valence electrons. The van der Waals surface area contributed by atoms with Crippen molar-refractivity contribution in [1.82, 2.24) is 14.9 Å². The number of fused-ring (bicyclic) bond motifs is 2. The minimum Gasteiger partial charge on any atom is -0.486 e. The van der Waals surface area contributed by atoms with Gasteiger partial charge in [-0.25, -0.2) is 0 Å². The van der Waals surface area contributed by atoms with Crippen LogP contribution in [0, 0.1) is 0 Å². The van der Waals surface area contributed by atoms with Crippen molar-refractivity contribution in [2.75, 3.05) is 19.0 Å². The molecule has 0 atom stereocenters. The summed E-state index contributed by atoms with van der Waals surface area (Å²) < 4.78 is 13.0. The standard InChI is InChI=1S/C18H13ClN4O2S/c19-13-4-2-1-3-12(13)17-20-21-18-23(17)22-14(10-26-18)11-5-6-15-16(9-11)25-8-7-24-15/h1-6,9H,7-8,10H2. The number of rotatable bonds is 2. The predicted molar refractivity (Wildman–Crippen MR) is 101 cm³/mol.